The number of hydrogen-bond acceptors (Lipinski definition) is 3. The Balaban J connectivity index is 2.29. The van der Waals surface area contributed by atoms with Crippen LogP contribution in [-0.2, 0) is 11.2 Å². The standard InChI is InChI=1S/C14H16O3/c1-9-4-5-12-10(6-9)7-11(17-12)8-13(15)14(2,3)16/h4-7,16H,8H2,1-3H3. The number of ketones is 1. The van der Waals surface area contributed by atoms with Crippen molar-refractivity contribution in [3.8, 4) is 0 Å². The number of aliphatic hydroxyl groups is 1. The SMILES string of the molecule is Cc1ccc2oc(CC(=O)C(C)(C)O)cc2c1. The van der Waals surface area contributed by atoms with Gasteiger partial charge in [-0.2, -0.15) is 0 Å². The maximum absolute atomic E-state index is 11.7. The predicted octanol–water partition coefficient (Wildman–Crippen LogP) is 2.62. The molecule has 0 atom stereocenters. The first-order valence-corrected chi connectivity index (χ1v) is 5.61. The van der Waals surface area contributed by atoms with Crippen molar-refractivity contribution in [3.63, 3.8) is 0 Å². The monoisotopic (exact) mass is 232 g/mol. The van der Waals surface area contributed by atoms with Crippen molar-refractivity contribution in [3.05, 3.63) is 35.6 Å². The van der Waals surface area contributed by atoms with E-state index in [1.54, 1.807) is 0 Å². The van der Waals surface area contributed by atoms with Gasteiger partial charge in [-0.3, -0.25) is 4.79 Å². The van der Waals surface area contributed by atoms with Gasteiger partial charge in [-0.1, -0.05) is 11.6 Å². The Labute approximate surface area is 100 Å². The molecule has 1 aromatic heterocycles. The predicted molar refractivity (Wildman–Crippen MR) is 66.0 cm³/mol. The van der Waals surface area contributed by atoms with Gasteiger partial charge in [-0.05, 0) is 39.0 Å². The molecule has 3 heteroatoms. The highest BCUT2D eigenvalue weighted by Crippen LogP contribution is 2.22. The van der Waals surface area contributed by atoms with Crippen LogP contribution >= 0.6 is 0 Å². The molecule has 3 nitrogen and oxygen atoms in total. The highest BCUT2D eigenvalue weighted by molar-refractivity contribution is 5.89. The fourth-order valence-electron chi connectivity index (χ4n) is 1.68. The molecule has 0 aliphatic rings. The summed E-state index contributed by atoms with van der Waals surface area (Å²) in [6.45, 7) is 4.98. The lowest BCUT2D eigenvalue weighted by atomic mass is 10.0. The molecular formula is C14H16O3. The smallest absolute Gasteiger partial charge is 0.171 e. The topological polar surface area (TPSA) is 50.4 Å². The first kappa shape index (κ1) is 11.9. The molecule has 0 fully saturated rings. The van der Waals surface area contributed by atoms with Crippen LogP contribution < -0.4 is 0 Å². The first-order valence-electron chi connectivity index (χ1n) is 5.61. The van der Waals surface area contributed by atoms with E-state index in [1.165, 1.54) is 13.8 Å². The molecule has 0 spiro atoms. The molecule has 0 aliphatic carbocycles. The second-order valence-electron chi connectivity index (χ2n) is 4.91. The molecule has 17 heavy (non-hydrogen) atoms. The molecule has 1 aromatic carbocycles. The van der Waals surface area contributed by atoms with E-state index >= 15 is 0 Å². The molecule has 0 bridgehead atoms. The zero-order valence-corrected chi connectivity index (χ0v) is 10.3. The molecule has 1 N–H and O–H groups in total. The Hall–Kier alpha value is -1.61. The van der Waals surface area contributed by atoms with E-state index < -0.39 is 5.60 Å². The van der Waals surface area contributed by atoms with Gasteiger partial charge in [-0.15, -0.1) is 0 Å². The summed E-state index contributed by atoms with van der Waals surface area (Å²) in [6.07, 6.45) is 0.122. The quantitative estimate of drug-likeness (QED) is 0.885. The Kier molecular flexibility index (Phi) is 2.79. The van der Waals surface area contributed by atoms with Crippen LogP contribution in [0.1, 0.15) is 25.2 Å². The molecule has 90 valence electrons. The second kappa shape index (κ2) is 4.00. The van der Waals surface area contributed by atoms with Crippen LogP contribution in [0.4, 0.5) is 0 Å². The largest absolute Gasteiger partial charge is 0.461 e. The van der Waals surface area contributed by atoms with E-state index in [9.17, 15) is 9.90 Å². The lowest BCUT2D eigenvalue weighted by molar-refractivity contribution is -0.133. The Morgan fingerprint density at radius 2 is 2.06 bits per heavy atom. The fourth-order valence-corrected chi connectivity index (χ4v) is 1.68. The summed E-state index contributed by atoms with van der Waals surface area (Å²) in [5.41, 5.74) is 0.613. The van der Waals surface area contributed by atoms with Gasteiger partial charge >= 0.3 is 0 Å². The van der Waals surface area contributed by atoms with Crippen molar-refractivity contribution in [2.24, 2.45) is 0 Å². The van der Waals surface area contributed by atoms with Gasteiger partial charge in [0, 0.05) is 5.39 Å². The zero-order chi connectivity index (χ0) is 12.6. The highest BCUT2D eigenvalue weighted by atomic mass is 16.3. The Bertz CT molecular complexity index is 558. The number of carbonyl (C=O) groups excluding carboxylic acids is 1. The van der Waals surface area contributed by atoms with Gasteiger partial charge in [0.15, 0.2) is 5.78 Å². The number of furan rings is 1. The normalized spacial score (nSPS) is 12.0. The van der Waals surface area contributed by atoms with Crippen LogP contribution in [0.25, 0.3) is 11.0 Å². The third kappa shape index (κ3) is 2.56. The van der Waals surface area contributed by atoms with Crippen LogP contribution in [-0.4, -0.2) is 16.5 Å². The average Bonchev–Trinajstić information content (AvgIpc) is 2.57. The number of hydrogen-bond donors (Lipinski definition) is 1. The molecule has 0 aliphatic heterocycles. The van der Waals surface area contributed by atoms with Crippen molar-refractivity contribution in [1.29, 1.82) is 0 Å². The summed E-state index contributed by atoms with van der Waals surface area (Å²) in [6, 6.07) is 7.72. The van der Waals surface area contributed by atoms with Gasteiger partial charge in [0.05, 0.1) is 6.42 Å². The average molecular weight is 232 g/mol. The Morgan fingerprint density at radius 3 is 2.71 bits per heavy atom. The number of fused-ring (bicyclic) bond motifs is 1. The number of Topliss-reactive ketones (excluding diaryl/α,β-unsaturated/α-hetero) is 1. The van der Waals surface area contributed by atoms with E-state index in [1.807, 2.05) is 31.2 Å². The van der Waals surface area contributed by atoms with E-state index in [2.05, 4.69) is 0 Å². The van der Waals surface area contributed by atoms with Crippen molar-refractivity contribution in [1.82, 2.24) is 0 Å². The summed E-state index contributed by atoms with van der Waals surface area (Å²) >= 11 is 0. The molecule has 1 heterocycles. The summed E-state index contributed by atoms with van der Waals surface area (Å²) in [5, 5.41) is 10.6. The third-order valence-electron chi connectivity index (χ3n) is 2.74. The van der Waals surface area contributed by atoms with Gasteiger partial charge in [0.25, 0.3) is 0 Å². The molecule has 0 saturated carbocycles. The van der Waals surface area contributed by atoms with Gasteiger partial charge in [0.1, 0.15) is 16.9 Å². The van der Waals surface area contributed by atoms with Crippen molar-refractivity contribution in [2.75, 3.05) is 0 Å². The lowest BCUT2D eigenvalue weighted by Gasteiger charge is -2.13. The van der Waals surface area contributed by atoms with Gasteiger partial charge < -0.3 is 9.52 Å². The molecule has 2 rings (SSSR count). The van der Waals surface area contributed by atoms with Crippen molar-refractivity contribution in [2.45, 2.75) is 32.8 Å². The summed E-state index contributed by atoms with van der Waals surface area (Å²) in [4.78, 5) is 11.7. The van der Waals surface area contributed by atoms with E-state index in [0.29, 0.717) is 5.76 Å². The van der Waals surface area contributed by atoms with Crippen molar-refractivity contribution < 1.29 is 14.3 Å². The van der Waals surface area contributed by atoms with Gasteiger partial charge in [0.2, 0.25) is 0 Å². The van der Waals surface area contributed by atoms with E-state index in [0.717, 1.165) is 16.5 Å². The highest BCUT2D eigenvalue weighted by Gasteiger charge is 2.24. The maximum atomic E-state index is 11.7. The van der Waals surface area contributed by atoms with Crippen LogP contribution in [0.15, 0.2) is 28.7 Å². The summed E-state index contributed by atoms with van der Waals surface area (Å²) in [5.74, 6) is 0.353. The minimum Gasteiger partial charge on any atom is -0.461 e. The molecule has 0 amide bonds. The van der Waals surface area contributed by atoms with Crippen LogP contribution in [0.2, 0.25) is 0 Å². The lowest BCUT2D eigenvalue weighted by Crippen LogP contribution is -2.32. The van der Waals surface area contributed by atoms with E-state index in [-0.39, 0.29) is 12.2 Å². The fraction of sp³-hybridized carbons (Fsp3) is 0.357. The number of rotatable bonds is 3. The van der Waals surface area contributed by atoms with Crippen LogP contribution in [0.3, 0.4) is 0 Å². The number of carbonyl (C=O) groups is 1. The van der Waals surface area contributed by atoms with Crippen LogP contribution in [0.5, 0.6) is 0 Å². The Morgan fingerprint density at radius 1 is 1.35 bits per heavy atom. The van der Waals surface area contributed by atoms with E-state index in [4.69, 9.17) is 4.42 Å². The summed E-state index contributed by atoms with van der Waals surface area (Å²) in [7, 11) is 0. The minimum absolute atomic E-state index is 0.122. The maximum Gasteiger partial charge on any atom is 0.171 e. The van der Waals surface area contributed by atoms with Crippen LogP contribution in [0, 0.1) is 6.92 Å². The van der Waals surface area contributed by atoms with Gasteiger partial charge in [-0.25, -0.2) is 0 Å². The molecule has 0 radical (unpaired) electrons. The summed E-state index contributed by atoms with van der Waals surface area (Å²) < 4.78 is 5.56. The molecule has 0 saturated heterocycles. The molecule has 2 aromatic rings. The molecular weight excluding hydrogens is 216 g/mol. The minimum atomic E-state index is -1.31. The molecule has 0 unspecified atom stereocenters. The number of benzene rings is 1. The van der Waals surface area contributed by atoms with Crippen molar-refractivity contribution >= 4 is 16.8 Å². The number of aryl methyl sites for hydroxylation is 1. The first-order chi connectivity index (χ1) is 7.86. The second-order valence-corrected chi connectivity index (χ2v) is 4.91. The zero-order valence-electron chi connectivity index (χ0n) is 10.3. The third-order valence-corrected chi connectivity index (χ3v) is 2.74.